The highest BCUT2D eigenvalue weighted by molar-refractivity contribution is 5.66. The monoisotopic (exact) mass is 293 g/mol. The first-order valence-electron chi connectivity index (χ1n) is 4.77. The summed E-state index contributed by atoms with van der Waals surface area (Å²) in [5.74, 6) is 1.46. The third-order valence-electron chi connectivity index (χ3n) is 2.05. The minimum atomic E-state index is -4.69. The summed E-state index contributed by atoms with van der Waals surface area (Å²) in [4.78, 5) is 17.5. The van der Waals surface area contributed by atoms with E-state index in [-0.39, 0.29) is 0 Å². The van der Waals surface area contributed by atoms with E-state index in [2.05, 4.69) is 15.0 Å². The van der Waals surface area contributed by atoms with E-state index in [4.69, 9.17) is 23.5 Å². The fraction of sp³-hybridized carbons (Fsp3) is 0.375. The Morgan fingerprint density at radius 1 is 1.32 bits per heavy atom. The standard InChI is InChI=1S/C8H11N5O.ClHO4/c1-12-5-11-8(13(2)14-3)6-7(12)10-4-9-6;2-1(3,4)5/h4-5H,1-3H3;(H,2,3,4,5). The maximum Gasteiger partial charge on any atom is 0.183 e. The van der Waals surface area contributed by atoms with Crippen molar-refractivity contribution in [3.63, 3.8) is 0 Å². The van der Waals surface area contributed by atoms with Crippen LogP contribution in [0, 0.1) is 10.2 Å². The van der Waals surface area contributed by atoms with Gasteiger partial charge in [-0.2, -0.15) is 14.0 Å². The van der Waals surface area contributed by atoms with Gasteiger partial charge in [-0.05, 0) is 0 Å². The van der Waals surface area contributed by atoms with E-state index in [1.54, 1.807) is 25.5 Å². The molecule has 2 aliphatic heterocycles. The number of imidazole rings is 1. The van der Waals surface area contributed by atoms with Gasteiger partial charge < -0.3 is 4.57 Å². The Hall–Kier alpha value is -1.56. The summed E-state index contributed by atoms with van der Waals surface area (Å²) >= 11 is 0. The molecule has 2 heterocycles. The summed E-state index contributed by atoms with van der Waals surface area (Å²) < 4.78 is 34.5. The lowest BCUT2D eigenvalue weighted by Gasteiger charge is -2.17. The molecule has 0 radical (unpaired) electrons. The van der Waals surface area contributed by atoms with Gasteiger partial charge in [-0.25, -0.2) is 20.0 Å². The molecule has 0 bridgehead atoms. The van der Waals surface area contributed by atoms with Crippen LogP contribution in [0.2, 0.25) is 0 Å². The molecule has 1 N–H and O–H groups in total. The topological polar surface area (TPSA) is 145 Å². The van der Waals surface area contributed by atoms with Crippen LogP contribution in [0.1, 0.15) is 0 Å². The zero-order valence-electron chi connectivity index (χ0n) is 10.3. The minimum Gasteiger partial charge on any atom is -0.318 e. The molecule has 106 valence electrons. The number of aryl methyl sites for hydroxylation is 1. The summed E-state index contributed by atoms with van der Waals surface area (Å²) in [7, 11) is 0.536. The van der Waals surface area contributed by atoms with Crippen molar-refractivity contribution in [2.24, 2.45) is 7.05 Å². The molecule has 0 saturated carbocycles. The van der Waals surface area contributed by atoms with Gasteiger partial charge in [-0.15, -0.1) is 0 Å². The maximum atomic E-state index is 8.60. The van der Waals surface area contributed by atoms with Crippen LogP contribution in [0.4, 0.5) is 5.82 Å². The van der Waals surface area contributed by atoms with Crippen LogP contribution in [-0.2, 0) is 11.9 Å². The number of fused-ring (bicyclic) bond motifs is 1. The van der Waals surface area contributed by atoms with Gasteiger partial charge in [0.05, 0.1) is 28.3 Å². The smallest absolute Gasteiger partial charge is 0.183 e. The van der Waals surface area contributed by atoms with Crippen molar-refractivity contribution in [1.82, 2.24) is 19.5 Å². The fourth-order valence-corrected chi connectivity index (χ4v) is 1.25. The second-order valence-electron chi connectivity index (χ2n) is 3.30. The highest BCUT2D eigenvalue weighted by atomic mass is 35.7. The van der Waals surface area contributed by atoms with Crippen molar-refractivity contribution in [3.05, 3.63) is 12.7 Å². The first kappa shape index (κ1) is 15.5. The highest BCUT2D eigenvalue weighted by Crippen LogP contribution is 2.25. The molecule has 0 aliphatic carbocycles. The molecule has 0 aromatic heterocycles. The number of hydrogen-bond donors (Lipinski definition) is 1. The number of hydrogen-bond acceptors (Lipinski definition) is 9. The van der Waals surface area contributed by atoms with Crippen LogP contribution in [0.15, 0.2) is 12.7 Å². The van der Waals surface area contributed by atoms with Crippen LogP contribution >= 0.6 is 0 Å². The number of rotatable bonds is 2. The molecule has 11 heteroatoms. The predicted octanol–water partition coefficient (Wildman–Crippen LogP) is -3.81. The lowest BCUT2D eigenvalue weighted by Crippen LogP contribution is -2.58. The molecule has 0 saturated heterocycles. The van der Waals surface area contributed by atoms with Crippen molar-refractivity contribution in [2.75, 3.05) is 19.2 Å². The van der Waals surface area contributed by atoms with Gasteiger partial charge in [0, 0.05) is 14.1 Å². The van der Waals surface area contributed by atoms with Crippen molar-refractivity contribution < 1.29 is 33.7 Å². The second kappa shape index (κ2) is 6.06. The lowest BCUT2D eigenvalue weighted by molar-refractivity contribution is -1.92. The molecule has 0 aromatic carbocycles. The number of hydroxylamine groups is 1. The Labute approximate surface area is 110 Å². The van der Waals surface area contributed by atoms with Gasteiger partial charge in [-0.3, -0.25) is 4.84 Å². The van der Waals surface area contributed by atoms with Gasteiger partial charge in [-0.1, -0.05) is 0 Å². The molecule has 19 heavy (non-hydrogen) atoms. The van der Waals surface area contributed by atoms with Crippen LogP contribution in [0.3, 0.4) is 0 Å². The molecule has 2 aliphatic rings. The summed E-state index contributed by atoms with van der Waals surface area (Å²) in [6.45, 7) is 0. The van der Waals surface area contributed by atoms with E-state index in [0.717, 1.165) is 11.5 Å². The van der Waals surface area contributed by atoms with E-state index in [9.17, 15) is 0 Å². The van der Waals surface area contributed by atoms with Gasteiger partial charge in [0.1, 0.15) is 6.33 Å². The van der Waals surface area contributed by atoms with E-state index < -0.39 is 10.2 Å². The van der Waals surface area contributed by atoms with E-state index >= 15 is 0 Å². The number of halogens is 1. The summed E-state index contributed by atoms with van der Waals surface area (Å²) in [5.41, 5.74) is 0.736. The van der Waals surface area contributed by atoms with E-state index in [0.29, 0.717) is 5.82 Å². The second-order valence-corrected chi connectivity index (χ2v) is 4.09. The number of aromatic nitrogens is 4. The van der Waals surface area contributed by atoms with Crippen molar-refractivity contribution in [2.45, 2.75) is 0 Å². The third kappa shape index (κ3) is 4.55. The quantitative estimate of drug-likeness (QED) is 0.550. The molecule has 0 fully saturated rings. The molecular formula is C8H12ClN5O5. The third-order valence-corrected chi connectivity index (χ3v) is 2.05. The van der Waals surface area contributed by atoms with Gasteiger partial charge in [0.15, 0.2) is 17.3 Å². The molecule has 0 unspecified atom stereocenters. The van der Waals surface area contributed by atoms with E-state index in [1.807, 2.05) is 11.6 Å². The molecule has 2 rings (SSSR count). The summed E-state index contributed by atoms with van der Waals surface area (Å²) in [6, 6.07) is 0. The molecule has 0 spiro atoms. The van der Waals surface area contributed by atoms with Crippen molar-refractivity contribution in [3.8, 4) is 11.5 Å². The van der Waals surface area contributed by atoms with Crippen molar-refractivity contribution >= 4 is 5.82 Å². The largest absolute Gasteiger partial charge is 0.318 e. The SMILES string of the molecule is CON(C)c1ncn(C)c2ncnc1-2.[O-][Cl+3]([O-])([O-])O. The van der Waals surface area contributed by atoms with Crippen LogP contribution in [-0.4, -0.2) is 38.3 Å². The number of nitrogens with zero attached hydrogens (tertiary/aromatic N) is 5. The molecule has 10 nitrogen and oxygen atoms in total. The maximum absolute atomic E-state index is 8.60. The zero-order valence-corrected chi connectivity index (χ0v) is 11.1. The van der Waals surface area contributed by atoms with E-state index in [1.165, 1.54) is 6.33 Å². The molecule has 0 aromatic rings. The van der Waals surface area contributed by atoms with Crippen LogP contribution < -0.4 is 19.0 Å². The first-order chi connectivity index (χ1) is 8.74. The number of anilines is 1. The highest BCUT2D eigenvalue weighted by Gasteiger charge is 2.17. The molecule has 0 amide bonds. The Morgan fingerprint density at radius 2 is 1.89 bits per heavy atom. The normalized spacial score (nSPS) is 11.1. The van der Waals surface area contributed by atoms with Gasteiger partial charge in [0.2, 0.25) is 0 Å². The summed E-state index contributed by atoms with van der Waals surface area (Å²) in [5, 5.41) is 1.55. The Morgan fingerprint density at radius 3 is 2.42 bits per heavy atom. The fourth-order valence-electron chi connectivity index (χ4n) is 1.25. The Balaban J connectivity index is 0.000000312. The first-order valence-corrected chi connectivity index (χ1v) is 6.03. The predicted molar refractivity (Wildman–Crippen MR) is 53.1 cm³/mol. The van der Waals surface area contributed by atoms with Crippen molar-refractivity contribution in [1.29, 1.82) is 0 Å². The molecule has 0 atom stereocenters. The average Bonchev–Trinajstić information content (AvgIpc) is 2.76. The Bertz CT molecular complexity index is 495. The average molecular weight is 294 g/mol. The van der Waals surface area contributed by atoms with Crippen LogP contribution in [0.5, 0.6) is 0 Å². The van der Waals surface area contributed by atoms with Gasteiger partial charge in [0.25, 0.3) is 0 Å². The molecular weight excluding hydrogens is 282 g/mol. The Kier molecular flexibility index (Phi) is 4.94. The lowest BCUT2D eigenvalue weighted by atomic mass is 10.4. The van der Waals surface area contributed by atoms with Gasteiger partial charge >= 0.3 is 0 Å². The van der Waals surface area contributed by atoms with Crippen LogP contribution in [0.25, 0.3) is 11.5 Å². The summed E-state index contributed by atoms with van der Waals surface area (Å²) in [6.07, 6.45) is 3.20. The minimum absolute atomic E-state index is 0.665. The zero-order chi connectivity index (χ0) is 14.6.